The average molecular weight is 381 g/mol. The van der Waals surface area contributed by atoms with Crippen LogP contribution < -0.4 is 10.1 Å². The van der Waals surface area contributed by atoms with Gasteiger partial charge in [-0.3, -0.25) is 0 Å². The molecule has 0 aliphatic carbocycles. The highest BCUT2D eigenvalue weighted by Crippen LogP contribution is 2.24. The Balaban J connectivity index is 1.41. The number of nitrogens with one attached hydrogen (secondary N) is 1. The third-order valence-electron chi connectivity index (χ3n) is 4.57. The maximum atomic E-state index is 8.86. The van der Waals surface area contributed by atoms with Gasteiger partial charge in [-0.05, 0) is 53.1 Å². The summed E-state index contributed by atoms with van der Waals surface area (Å²) >= 11 is 0. The van der Waals surface area contributed by atoms with E-state index in [1.165, 1.54) is 0 Å². The van der Waals surface area contributed by atoms with Crippen LogP contribution in [0.5, 0.6) is 5.75 Å². The van der Waals surface area contributed by atoms with Crippen molar-refractivity contribution in [2.45, 2.75) is 6.42 Å². The van der Waals surface area contributed by atoms with E-state index in [4.69, 9.17) is 14.4 Å². The predicted molar refractivity (Wildman–Crippen MR) is 112 cm³/mol. The molecule has 0 saturated heterocycles. The van der Waals surface area contributed by atoms with Crippen LogP contribution in [-0.2, 0) is 6.42 Å². The van der Waals surface area contributed by atoms with Gasteiger partial charge in [0.2, 0.25) is 0 Å². The maximum Gasteiger partial charge on any atom is 0.299 e. The number of methoxy groups -OCH3 is 1. The quantitative estimate of drug-likeness (QED) is 0.474. The van der Waals surface area contributed by atoms with E-state index in [2.05, 4.69) is 40.6 Å². The van der Waals surface area contributed by atoms with Crippen molar-refractivity contribution in [2.75, 3.05) is 12.4 Å². The van der Waals surface area contributed by atoms with Gasteiger partial charge in [-0.1, -0.05) is 36.4 Å². The van der Waals surface area contributed by atoms with Gasteiger partial charge in [-0.2, -0.15) is 5.26 Å². The molecular weight excluding hydrogens is 362 g/mol. The molecule has 0 aliphatic heterocycles. The van der Waals surface area contributed by atoms with Crippen LogP contribution in [-0.4, -0.2) is 12.1 Å². The summed E-state index contributed by atoms with van der Waals surface area (Å²) < 4.78 is 11.0. The zero-order valence-corrected chi connectivity index (χ0v) is 15.9. The van der Waals surface area contributed by atoms with E-state index in [1.54, 1.807) is 25.4 Å². The number of nitriles is 1. The minimum absolute atomic E-state index is 0.430. The Hall–Kier alpha value is -4.04. The Labute approximate surface area is 169 Å². The number of anilines is 2. The molecule has 29 heavy (non-hydrogen) atoms. The van der Waals surface area contributed by atoms with Crippen molar-refractivity contribution in [1.29, 1.82) is 5.26 Å². The molecule has 0 spiro atoms. The molecule has 4 aromatic rings. The Morgan fingerprint density at radius 2 is 1.59 bits per heavy atom. The highest BCUT2D eigenvalue weighted by molar-refractivity contribution is 5.64. The van der Waals surface area contributed by atoms with Crippen LogP contribution in [0.2, 0.25) is 0 Å². The lowest BCUT2D eigenvalue weighted by Crippen LogP contribution is -1.90. The second-order valence-electron chi connectivity index (χ2n) is 6.55. The van der Waals surface area contributed by atoms with Gasteiger partial charge in [0.25, 0.3) is 6.01 Å². The van der Waals surface area contributed by atoms with E-state index in [0.29, 0.717) is 18.0 Å². The van der Waals surface area contributed by atoms with Crippen molar-refractivity contribution in [1.82, 2.24) is 4.98 Å². The monoisotopic (exact) mass is 381 g/mol. The van der Waals surface area contributed by atoms with Gasteiger partial charge in [0.1, 0.15) is 11.5 Å². The lowest BCUT2D eigenvalue weighted by molar-refractivity contribution is 0.415. The summed E-state index contributed by atoms with van der Waals surface area (Å²) in [5, 5.41) is 12.0. The van der Waals surface area contributed by atoms with Crippen molar-refractivity contribution in [3.63, 3.8) is 0 Å². The molecular formula is C24H19N3O2. The molecule has 4 rings (SSSR count). The Morgan fingerprint density at radius 1 is 0.931 bits per heavy atom. The number of benzene rings is 3. The summed E-state index contributed by atoms with van der Waals surface area (Å²) in [5.41, 5.74) is 4.87. The lowest BCUT2D eigenvalue weighted by Gasteiger charge is -2.05. The minimum Gasteiger partial charge on any atom is -0.497 e. The molecule has 0 atom stereocenters. The third kappa shape index (κ3) is 4.45. The highest BCUT2D eigenvalue weighted by Gasteiger charge is 2.06. The summed E-state index contributed by atoms with van der Waals surface area (Å²) in [6, 6.07) is 26.1. The summed E-state index contributed by atoms with van der Waals surface area (Å²) in [7, 11) is 1.67. The van der Waals surface area contributed by atoms with Crippen molar-refractivity contribution < 1.29 is 9.15 Å². The Bertz CT molecular complexity index is 1120. The van der Waals surface area contributed by atoms with Crippen molar-refractivity contribution >= 4 is 11.7 Å². The van der Waals surface area contributed by atoms with E-state index in [-0.39, 0.29) is 0 Å². The number of hydrogen-bond acceptors (Lipinski definition) is 5. The predicted octanol–water partition coefficient (Wildman–Crippen LogP) is 5.56. The van der Waals surface area contributed by atoms with Crippen LogP contribution in [0.3, 0.4) is 0 Å². The van der Waals surface area contributed by atoms with Crippen LogP contribution in [0.4, 0.5) is 11.7 Å². The van der Waals surface area contributed by atoms with E-state index in [0.717, 1.165) is 33.9 Å². The molecule has 3 aromatic carbocycles. The second-order valence-corrected chi connectivity index (χ2v) is 6.55. The highest BCUT2D eigenvalue weighted by atomic mass is 16.5. The zero-order chi connectivity index (χ0) is 20.1. The smallest absolute Gasteiger partial charge is 0.299 e. The van der Waals surface area contributed by atoms with Crippen LogP contribution in [0.1, 0.15) is 16.9 Å². The average Bonchev–Trinajstić information content (AvgIpc) is 3.21. The Morgan fingerprint density at radius 3 is 2.21 bits per heavy atom. The standard InChI is InChI=1S/C24H19N3O2/c1-28-22-12-8-20(9-13-22)19-6-2-17(3-7-19)14-23-16-26-24(29-23)27-21-10-4-18(15-25)5-11-21/h2-13,16H,14H2,1H3,(H,26,27). The maximum absolute atomic E-state index is 8.86. The minimum atomic E-state index is 0.430. The van der Waals surface area contributed by atoms with Gasteiger partial charge in [-0.15, -0.1) is 0 Å². The zero-order valence-electron chi connectivity index (χ0n) is 15.9. The SMILES string of the molecule is COc1ccc(-c2ccc(Cc3cnc(Nc4ccc(C#N)cc4)o3)cc2)cc1. The largest absolute Gasteiger partial charge is 0.497 e. The molecule has 0 unspecified atom stereocenters. The van der Waals surface area contributed by atoms with Crippen LogP contribution >= 0.6 is 0 Å². The first-order valence-corrected chi connectivity index (χ1v) is 9.19. The van der Waals surface area contributed by atoms with Crippen LogP contribution in [0, 0.1) is 11.3 Å². The third-order valence-corrected chi connectivity index (χ3v) is 4.57. The fraction of sp³-hybridized carbons (Fsp3) is 0.0833. The molecule has 0 aliphatic rings. The van der Waals surface area contributed by atoms with E-state index >= 15 is 0 Å². The first-order valence-electron chi connectivity index (χ1n) is 9.19. The van der Waals surface area contributed by atoms with Gasteiger partial charge in [0.05, 0.1) is 24.9 Å². The number of hydrogen-bond donors (Lipinski definition) is 1. The van der Waals surface area contributed by atoms with Gasteiger partial charge in [-0.25, -0.2) is 4.98 Å². The first-order chi connectivity index (χ1) is 14.2. The number of oxazole rings is 1. The molecule has 0 fully saturated rings. The fourth-order valence-electron chi connectivity index (χ4n) is 3.00. The molecule has 0 saturated carbocycles. The van der Waals surface area contributed by atoms with Crippen molar-refractivity contribution in [2.24, 2.45) is 0 Å². The Kier molecular flexibility index (Phi) is 5.26. The van der Waals surface area contributed by atoms with Gasteiger partial charge >= 0.3 is 0 Å². The normalized spacial score (nSPS) is 10.3. The summed E-state index contributed by atoms with van der Waals surface area (Å²) in [5.74, 6) is 1.62. The fourth-order valence-corrected chi connectivity index (χ4v) is 3.00. The molecule has 142 valence electrons. The molecule has 1 N–H and O–H groups in total. The molecule has 0 bridgehead atoms. The number of rotatable bonds is 6. The lowest BCUT2D eigenvalue weighted by atomic mass is 10.0. The number of aromatic nitrogens is 1. The van der Waals surface area contributed by atoms with Crippen LogP contribution in [0.25, 0.3) is 11.1 Å². The van der Waals surface area contributed by atoms with E-state index in [1.807, 2.05) is 36.4 Å². The summed E-state index contributed by atoms with van der Waals surface area (Å²) in [6.07, 6.45) is 2.38. The van der Waals surface area contributed by atoms with Crippen LogP contribution in [0.15, 0.2) is 83.4 Å². The van der Waals surface area contributed by atoms with Gasteiger partial charge in [0.15, 0.2) is 0 Å². The van der Waals surface area contributed by atoms with Gasteiger partial charge < -0.3 is 14.5 Å². The summed E-state index contributed by atoms with van der Waals surface area (Å²) in [4.78, 5) is 4.28. The van der Waals surface area contributed by atoms with Crippen molar-refractivity contribution in [3.8, 4) is 22.9 Å². The number of ether oxygens (including phenoxy) is 1. The van der Waals surface area contributed by atoms with Crippen molar-refractivity contribution in [3.05, 3.63) is 95.9 Å². The molecule has 0 amide bonds. The summed E-state index contributed by atoms with van der Waals surface area (Å²) in [6.45, 7) is 0. The van der Waals surface area contributed by atoms with E-state index in [9.17, 15) is 0 Å². The van der Waals surface area contributed by atoms with E-state index < -0.39 is 0 Å². The topological polar surface area (TPSA) is 71.1 Å². The molecule has 5 nitrogen and oxygen atoms in total. The molecule has 0 radical (unpaired) electrons. The first kappa shape index (κ1) is 18.3. The number of nitrogens with zero attached hydrogens (tertiary/aromatic N) is 2. The molecule has 1 aromatic heterocycles. The molecule has 5 heteroatoms. The van der Waals surface area contributed by atoms with Gasteiger partial charge in [0, 0.05) is 12.1 Å². The molecule has 1 heterocycles. The second kappa shape index (κ2) is 8.32.